The number of fused-ring (bicyclic) bond motifs is 1. The second kappa shape index (κ2) is 3.89. The fourth-order valence-corrected chi connectivity index (χ4v) is 2.79. The maximum Gasteiger partial charge on any atom is 0.151 e. The summed E-state index contributed by atoms with van der Waals surface area (Å²) < 4.78 is 0.958. The Morgan fingerprint density at radius 2 is 2.14 bits per heavy atom. The summed E-state index contributed by atoms with van der Waals surface area (Å²) in [6.07, 6.45) is 0.822. The van der Waals surface area contributed by atoms with E-state index >= 15 is 0 Å². The molecule has 0 atom stereocenters. The Morgan fingerprint density at radius 3 is 2.79 bits per heavy atom. The first-order valence-electron chi connectivity index (χ1n) is 3.97. The molecule has 0 amide bonds. The number of carbonyl (C=O) groups is 1. The van der Waals surface area contributed by atoms with Crippen molar-refractivity contribution in [2.45, 2.75) is 5.88 Å². The smallest absolute Gasteiger partial charge is 0.151 e. The third kappa shape index (κ3) is 1.65. The van der Waals surface area contributed by atoms with E-state index in [0.29, 0.717) is 16.5 Å². The number of hydrogen-bond acceptors (Lipinski definition) is 2. The van der Waals surface area contributed by atoms with E-state index in [2.05, 4.69) is 0 Å². The second-order valence-corrected chi connectivity index (χ2v) is 4.72. The van der Waals surface area contributed by atoms with Crippen molar-refractivity contribution in [2.24, 2.45) is 0 Å². The molecule has 0 aliphatic rings. The summed E-state index contributed by atoms with van der Waals surface area (Å²) in [5.41, 5.74) is 0.633. The van der Waals surface area contributed by atoms with Crippen molar-refractivity contribution in [1.29, 1.82) is 0 Å². The minimum atomic E-state index is 0.468. The summed E-state index contributed by atoms with van der Waals surface area (Å²) in [5.74, 6) is 0.468. The molecule has 0 bridgehead atoms. The Hall–Kier alpha value is -0.570. The summed E-state index contributed by atoms with van der Waals surface area (Å²) >= 11 is 13.1. The van der Waals surface area contributed by atoms with E-state index in [0.717, 1.165) is 21.2 Å². The van der Waals surface area contributed by atoms with Crippen LogP contribution in [0, 0.1) is 0 Å². The van der Waals surface area contributed by atoms with Crippen LogP contribution in [0.5, 0.6) is 0 Å². The van der Waals surface area contributed by atoms with E-state index in [1.54, 1.807) is 6.07 Å². The molecule has 4 heteroatoms. The van der Waals surface area contributed by atoms with Crippen LogP contribution in [-0.2, 0) is 5.88 Å². The molecule has 0 aliphatic heterocycles. The SMILES string of the molecule is O=Cc1cc(Cl)cc2cc(CCl)sc12. The van der Waals surface area contributed by atoms with Crippen molar-refractivity contribution in [3.63, 3.8) is 0 Å². The molecule has 0 unspecified atom stereocenters. The van der Waals surface area contributed by atoms with Crippen LogP contribution in [0.1, 0.15) is 15.2 Å². The highest BCUT2D eigenvalue weighted by Gasteiger charge is 2.06. The minimum Gasteiger partial charge on any atom is -0.298 e. The summed E-state index contributed by atoms with van der Waals surface area (Å²) in [6, 6.07) is 5.48. The average molecular weight is 245 g/mol. The summed E-state index contributed by atoms with van der Waals surface area (Å²) in [6.45, 7) is 0. The molecule has 2 aromatic rings. The first-order valence-corrected chi connectivity index (χ1v) is 5.70. The number of benzene rings is 1. The molecule has 2 rings (SSSR count). The predicted octanol–water partition coefficient (Wildman–Crippen LogP) is 4.11. The highest BCUT2D eigenvalue weighted by molar-refractivity contribution is 7.19. The topological polar surface area (TPSA) is 17.1 Å². The number of hydrogen-bond donors (Lipinski definition) is 0. The largest absolute Gasteiger partial charge is 0.298 e. The van der Waals surface area contributed by atoms with Gasteiger partial charge < -0.3 is 0 Å². The Balaban J connectivity index is 2.77. The van der Waals surface area contributed by atoms with Gasteiger partial charge in [-0.1, -0.05) is 11.6 Å². The molecular formula is C10H6Cl2OS. The standard InChI is InChI=1S/C10H6Cl2OS/c11-4-9-3-6-1-8(12)2-7(5-13)10(6)14-9/h1-3,5H,4H2. The molecule has 1 nitrogen and oxygen atoms in total. The van der Waals surface area contributed by atoms with Crippen LogP contribution in [0.25, 0.3) is 10.1 Å². The molecule has 72 valence electrons. The van der Waals surface area contributed by atoms with Crippen molar-refractivity contribution in [3.05, 3.63) is 33.7 Å². The zero-order valence-corrected chi connectivity index (χ0v) is 9.42. The molecule has 0 saturated carbocycles. The number of aldehydes is 1. The van der Waals surface area contributed by atoms with Crippen LogP contribution in [0.2, 0.25) is 5.02 Å². The molecule has 0 radical (unpaired) electrons. The van der Waals surface area contributed by atoms with Gasteiger partial charge >= 0.3 is 0 Å². The Labute approximate surface area is 95.3 Å². The van der Waals surface area contributed by atoms with Gasteiger partial charge in [0.25, 0.3) is 0 Å². The molecule has 0 spiro atoms. The number of thiophene rings is 1. The van der Waals surface area contributed by atoms with E-state index in [4.69, 9.17) is 23.2 Å². The van der Waals surface area contributed by atoms with Crippen LogP contribution in [-0.4, -0.2) is 6.29 Å². The zero-order valence-electron chi connectivity index (χ0n) is 7.09. The van der Waals surface area contributed by atoms with E-state index in [-0.39, 0.29) is 0 Å². The highest BCUT2D eigenvalue weighted by Crippen LogP contribution is 2.31. The lowest BCUT2D eigenvalue weighted by molar-refractivity contribution is 0.112. The Bertz CT molecular complexity index is 490. The molecule has 14 heavy (non-hydrogen) atoms. The highest BCUT2D eigenvalue weighted by atomic mass is 35.5. The van der Waals surface area contributed by atoms with Crippen LogP contribution >= 0.6 is 34.5 Å². The molecule has 1 heterocycles. The van der Waals surface area contributed by atoms with E-state index in [1.165, 1.54) is 11.3 Å². The third-order valence-corrected chi connectivity index (χ3v) is 3.78. The van der Waals surface area contributed by atoms with Gasteiger partial charge in [0.2, 0.25) is 0 Å². The maximum atomic E-state index is 10.8. The van der Waals surface area contributed by atoms with Gasteiger partial charge in [-0.2, -0.15) is 0 Å². The van der Waals surface area contributed by atoms with Gasteiger partial charge in [0.05, 0.1) is 5.88 Å². The fourth-order valence-electron chi connectivity index (χ4n) is 1.35. The van der Waals surface area contributed by atoms with Gasteiger partial charge in [-0.25, -0.2) is 0 Å². The Morgan fingerprint density at radius 1 is 1.36 bits per heavy atom. The summed E-state index contributed by atoms with van der Waals surface area (Å²) in [7, 11) is 0. The normalized spacial score (nSPS) is 10.7. The number of carbonyl (C=O) groups excluding carboxylic acids is 1. The number of rotatable bonds is 2. The lowest BCUT2D eigenvalue weighted by atomic mass is 10.2. The molecule has 0 saturated heterocycles. The molecular weight excluding hydrogens is 239 g/mol. The first-order chi connectivity index (χ1) is 6.74. The van der Waals surface area contributed by atoms with Crippen molar-refractivity contribution in [2.75, 3.05) is 0 Å². The molecule has 0 fully saturated rings. The number of alkyl halides is 1. The summed E-state index contributed by atoms with van der Waals surface area (Å²) in [4.78, 5) is 11.8. The maximum absolute atomic E-state index is 10.8. The molecule has 0 aliphatic carbocycles. The van der Waals surface area contributed by atoms with Crippen LogP contribution in [0.15, 0.2) is 18.2 Å². The predicted molar refractivity (Wildman–Crippen MR) is 61.8 cm³/mol. The monoisotopic (exact) mass is 244 g/mol. The minimum absolute atomic E-state index is 0.468. The van der Waals surface area contributed by atoms with Gasteiger partial charge in [0.15, 0.2) is 6.29 Å². The quantitative estimate of drug-likeness (QED) is 0.574. The van der Waals surface area contributed by atoms with E-state index in [9.17, 15) is 4.79 Å². The fraction of sp³-hybridized carbons (Fsp3) is 0.100. The zero-order chi connectivity index (χ0) is 10.1. The van der Waals surface area contributed by atoms with Crippen molar-refractivity contribution in [3.8, 4) is 0 Å². The van der Waals surface area contributed by atoms with Gasteiger partial charge in [-0.3, -0.25) is 4.79 Å². The third-order valence-electron chi connectivity index (χ3n) is 1.92. The average Bonchev–Trinajstić information content (AvgIpc) is 2.59. The van der Waals surface area contributed by atoms with E-state index < -0.39 is 0 Å². The number of halogens is 2. The molecule has 0 N–H and O–H groups in total. The summed E-state index contributed by atoms with van der Waals surface area (Å²) in [5, 5.41) is 1.57. The first kappa shape index (κ1) is 9.97. The lowest BCUT2D eigenvalue weighted by Crippen LogP contribution is -1.78. The van der Waals surface area contributed by atoms with Gasteiger partial charge in [0, 0.05) is 20.2 Å². The van der Waals surface area contributed by atoms with Crippen molar-refractivity contribution >= 4 is 50.9 Å². The molecule has 1 aromatic carbocycles. The lowest BCUT2D eigenvalue weighted by Gasteiger charge is -1.94. The van der Waals surface area contributed by atoms with Crippen molar-refractivity contribution in [1.82, 2.24) is 0 Å². The Kier molecular flexibility index (Phi) is 2.77. The van der Waals surface area contributed by atoms with Crippen LogP contribution < -0.4 is 0 Å². The van der Waals surface area contributed by atoms with Crippen molar-refractivity contribution < 1.29 is 4.79 Å². The van der Waals surface area contributed by atoms with E-state index in [1.807, 2.05) is 12.1 Å². The second-order valence-electron chi connectivity index (χ2n) is 2.88. The van der Waals surface area contributed by atoms with Gasteiger partial charge in [-0.05, 0) is 23.6 Å². The van der Waals surface area contributed by atoms with Gasteiger partial charge in [-0.15, -0.1) is 22.9 Å². The molecule has 1 aromatic heterocycles. The van der Waals surface area contributed by atoms with Crippen LogP contribution in [0.3, 0.4) is 0 Å². The van der Waals surface area contributed by atoms with Crippen LogP contribution in [0.4, 0.5) is 0 Å². The van der Waals surface area contributed by atoms with Gasteiger partial charge in [0.1, 0.15) is 0 Å².